The molecule has 174 valence electrons. The summed E-state index contributed by atoms with van der Waals surface area (Å²) < 4.78 is 3.26. The zero-order valence-electron chi connectivity index (χ0n) is 18.2. The second-order valence-electron chi connectivity index (χ2n) is 7.72. The number of carbonyl (C=O) groups is 1. The summed E-state index contributed by atoms with van der Waals surface area (Å²) >= 11 is 19.0. The van der Waals surface area contributed by atoms with E-state index in [1.807, 2.05) is 60.7 Å². The van der Waals surface area contributed by atoms with Crippen molar-refractivity contribution in [1.29, 1.82) is 0 Å². The maximum atomic E-state index is 13.4. The normalized spacial score (nSPS) is 10.9. The number of benzene rings is 3. The summed E-state index contributed by atoms with van der Waals surface area (Å²) in [6.45, 7) is 0.301. The fourth-order valence-corrected chi connectivity index (χ4v) is 4.36. The lowest BCUT2D eigenvalue weighted by Crippen LogP contribution is -2.13. The van der Waals surface area contributed by atoms with E-state index < -0.39 is 0 Å². The molecule has 0 unspecified atom stereocenters. The monoisotopic (exact) mass is 521 g/mol. The van der Waals surface area contributed by atoms with Gasteiger partial charge in [-0.1, -0.05) is 89.4 Å². The van der Waals surface area contributed by atoms with Gasteiger partial charge in [0, 0.05) is 33.6 Å². The number of nitrogens with one attached hydrogen (secondary N) is 1. The van der Waals surface area contributed by atoms with Gasteiger partial charge in [0.15, 0.2) is 5.82 Å². The van der Waals surface area contributed by atoms with Crippen molar-refractivity contribution in [2.75, 3.05) is 5.32 Å². The smallest absolute Gasteiger partial charge is 0.260 e. The molecule has 1 amide bonds. The molecule has 35 heavy (non-hydrogen) atoms. The lowest BCUT2D eigenvalue weighted by molar-refractivity contribution is 0.102. The van der Waals surface area contributed by atoms with Crippen molar-refractivity contribution in [3.8, 4) is 16.9 Å². The SMILES string of the molecule is O=C(Nc1nn(Cc2c(Cl)cccc2Cl)cc1Cl)c1cn(-c2ccccc2)nc1-c1ccccc1. The van der Waals surface area contributed by atoms with E-state index in [0.29, 0.717) is 38.4 Å². The van der Waals surface area contributed by atoms with Crippen molar-refractivity contribution >= 4 is 46.5 Å². The van der Waals surface area contributed by atoms with Crippen LogP contribution in [-0.2, 0) is 6.54 Å². The van der Waals surface area contributed by atoms with Crippen LogP contribution in [0.2, 0.25) is 15.1 Å². The van der Waals surface area contributed by atoms with E-state index in [-0.39, 0.29) is 11.7 Å². The number of carbonyl (C=O) groups excluding carboxylic acids is 1. The number of anilines is 1. The largest absolute Gasteiger partial charge is 0.304 e. The Labute approximate surface area is 216 Å². The van der Waals surface area contributed by atoms with Gasteiger partial charge in [0.1, 0.15) is 10.7 Å². The molecule has 6 nitrogen and oxygen atoms in total. The first-order chi connectivity index (χ1) is 17.0. The molecule has 2 heterocycles. The zero-order chi connectivity index (χ0) is 24.4. The molecule has 5 rings (SSSR count). The first-order valence-corrected chi connectivity index (χ1v) is 11.8. The second kappa shape index (κ2) is 9.96. The molecule has 0 saturated heterocycles. The molecule has 9 heteroatoms. The number of hydrogen-bond donors (Lipinski definition) is 1. The number of para-hydroxylation sites is 1. The van der Waals surface area contributed by atoms with Gasteiger partial charge >= 0.3 is 0 Å². The maximum absolute atomic E-state index is 13.4. The van der Waals surface area contributed by atoms with E-state index in [2.05, 4.69) is 15.5 Å². The standard InChI is InChI=1S/C26H18Cl3N5O/c27-21-12-7-13-22(28)19(21)14-33-16-23(29)25(32-33)30-26(35)20-15-34(18-10-5-2-6-11-18)31-24(20)17-8-3-1-4-9-17/h1-13,15-16H,14H2,(H,30,32,35). The van der Waals surface area contributed by atoms with Crippen molar-refractivity contribution < 1.29 is 4.79 Å². The molecule has 0 fully saturated rings. The summed E-state index contributed by atoms with van der Waals surface area (Å²) in [5.74, 6) is -0.153. The molecule has 0 aliphatic rings. The van der Waals surface area contributed by atoms with Crippen LogP contribution in [0.4, 0.5) is 5.82 Å². The Morgan fingerprint density at radius 2 is 1.43 bits per heavy atom. The van der Waals surface area contributed by atoms with Crippen molar-refractivity contribution in [1.82, 2.24) is 19.6 Å². The van der Waals surface area contributed by atoms with Crippen LogP contribution in [0.1, 0.15) is 15.9 Å². The Balaban J connectivity index is 1.46. The van der Waals surface area contributed by atoms with Gasteiger partial charge in [-0.05, 0) is 24.3 Å². The van der Waals surface area contributed by atoms with Crippen LogP contribution in [0.3, 0.4) is 0 Å². The van der Waals surface area contributed by atoms with Crippen LogP contribution in [0.15, 0.2) is 91.3 Å². The van der Waals surface area contributed by atoms with Crippen LogP contribution >= 0.6 is 34.8 Å². The number of nitrogens with zero attached hydrogens (tertiary/aromatic N) is 4. The minimum Gasteiger partial charge on any atom is -0.304 e. The van der Waals surface area contributed by atoms with Crippen molar-refractivity contribution in [2.45, 2.75) is 6.54 Å². The molecule has 0 aliphatic heterocycles. The van der Waals surface area contributed by atoms with Crippen LogP contribution < -0.4 is 5.32 Å². The summed E-state index contributed by atoms with van der Waals surface area (Å²) in [5, 5.41) is 13.3. The highest BCUT2D eigenvalue weighted by atomic mass is 35.5. The highest BCUT2D eigenvalue weighted by Crippen LogP contribution is 2.28. The third-order valence-corrected chi connectivity index (χ3v) is 6.34. The topological polar surface area (TPSA) is 64.7 Å². The van der Waals surface area contributed by atoms with Crippen LogP contribution in [-0.4, -0.2) is 25.5 Å². The third kappa shape index (κ3) is 4.95. The molecule has 0 bridgehead atoms. The predicted molar refractivity (Wildman–Crippen MR) is 140 cm³/mol. The van der Waals surface area contributed by atoms with Crippen LogP contribution in [0, 0.1) is 0 Å². The molecule has 2 aromatic heterocycles. The lowest BCUT2D eigenvalue weighted by atomic mass is 10.1. The molecule has 0 saturated carbocycles. The summed E-state index contributed by atoms with van der Waals surface area (Å²) in [6.07, 6.45) is 3.31. The summed E-state index contributed by atoms with van der Waals surface area (Å²) in [6, 6.07) is 24.4. The van der Waals surface area contributed by atoms with Crippen LogP contribution in [0.25, 0.3) is 16.9 Å². The van der Waals surface area contributed by atoms with Crippen LogP contribution in [0.5, 0.6) is 0 Å². The quantitative estimate of drug-likeness (QED) is 0.261. The number of hydrogen-bond acceptors (Lipinski definition) is 3. The van der Waals surface area contributed by atoms with Gasteiger partial charge in [-0.25, -0.2) is 4.68 Å². The van der Waals surface area contributed by atoms with Gasteiger partial charge in [-0.2, -0.15) is 10.2 Å². The minimum atomic E-state index is -0.381. The molecule has 5 aromatic rings. The van der Waals surface area contributed by atoms with Gasteiger partial charge < -0.3 is 5.32 Å². The average Bonchev–Trinajstić information content (AvgIpc) is 3.47. The Morgan fingerprint density at radius 3 is 2.11 bits per heavy atom. The lowest BCUT2D eigenvalue weighted by Gasteiger charge is -2.07. The minimum absolute atomic E-state index is 0.228. The van der Waals surface area contributed by atoms with Gasteiger partial charge in [0.25, 0.3) is 5.91 Å². The number of aromatic nitrogens is 4. The Morgan fingerprint density at radius 1 is 0.771 bits per heavy atom. The van der Waals surface area contributed by atoms with Gasteiger partial charge in [0.2, 0.25) is 0 Å². The Bertz CT molecular complexity index is 1480. The first-order valence-electron chi connectivity index (χ1n) is 10.7. The number of halogens is 3. The molecular weight excluding hydrogens is 505 g/mol. The van der Waals surface area contributed by atoms with E-state index in [0.717, 1.165) is 11.3 Å². The number of rotatable bonds is 6. The third-order valence-electron chi connectivity index (χ3n) is 5.36. The maximum Gasteiger partial charge on any atom is 0.260 e. The zero-order valence-corrected chi connectivity index (χ0v) is 20.5. The van der Waals surface area contributed by atoms with E-state index in [1.54, 1.807) is 40.0 Å². The van der Waals surface area contributed by atoms with E-state index in [4.69, 9.17) is 34.8 Å². The molecular formula is C26H18Cl3N5O. The van der Waals surface area contributed by atoms with Gasteiger partial charge in [0.05, 0.1) is 17.8 Å². The van der Waals surface area contributed by atoms with Gasteiger partial charge in [-0.15, -0.1) is 0 Å². The second-order valence-corrected chi connectivity index (χ2v) is 8.94. The number of amides is 1. The first kappa shape index (κ1) is 23.2. The molecule has 0 atom stereocenters. The fourth-order valence-electron chi connectivity index (χ4n) is 3.65. The Kier molecular flexibility index (Phi) is 6.59. The Hall–Kier alpha value is -3.58. The van der Waals surface area contributed by atoms with E-state index in [9.17, 15) is 4.79 Å². The molecule has 0 radical (unpaired) electrons. The molecule has 3 aromatic carbocycles. The van der Waals surface area contributed by atoms with Crippen molar-refractivity contribution in [3.05, 3.63) is 117 Å². The van der Waals surface area contributed by atoms with Crippen molar-refractivity contribution in [2.24, 2.45) is 0 Å². The summed E-state index contributed by atoms with van der Waals surface area (Å²) in [5.41, 5.74) is 3.30. The molecule has 0 spiro atoms. The van der Waals surface area contributed by atoms with Gasteiger partial charge in [-0.3, -0.25) is 9.48 Å². The van der Waals surface area contributed by atoms with Crippen molar-refractivity contribution in [3.63, 3.8) is 0 Å². The fraction of sp³-hybridized carbons (Fsp3) is 0.0385. The highest BCUT2D eigenvalue weighted by molar-refractivity contribution is 6.36. The summed E-state index contributed by atoms with van der Waals surface area (Å²) in [4.78, 5) is 13.4. The van der Waals surface area contributed by atoms with E-state index in [1.165, 1.54) is 0 Å². The molecule has 1 N–H and O–H groups in total. The summed E-state index contributed by atoms with van der Waals surface area (Å²) in [7, 11) is 0. The molecule has 0 aliphatic carbocycles. The predicted octanol–water partition coefficient (Wildman–Crippen LogP) is 7.00. The average molecular weight is 523 g/mol. The highest BCUT2D eigenvalue weighted by Gasteiger charge is 2.21. The van der Waals surface area contributed by atoms with E-state index >= 15 is 0 Å².